The average Bonchev–Trinajstić information content (AvgIpc) is 2.46. The van der Waals surface area contributed by atoms with Crippen molar-refractivity contribution in [2.24, 2.45) is 5.73 Å². The summed E-state index contributed by atoms with van der Waals surface area (Å²) in [6.07, 6.45) is 0. The normalized spacial score (nSPS) is 12.8. The molecule has 1 rings (SSSR count). The van der Waals surface area contributed by atoms with Crippen molar-refractivity contribution < 1.29 is 9.90 Å². The predicted molar refractivity (Wildman–Crippen MR) is 50.0 cm³/mol. The van der Waals surface area contributed by atoms with E-state index >= 15 is 0 Å². The second-order valence-electron chi connectivity index (χ2n) is 3.22. The molecule has 1 heterocycles. The van der Waals surface area contributed by atoms with Crippen LogP contribution in [0.4, 0.5) is 0 Å². The number of carboxylic acids is 1. The first kappa shape index (κ1) is 9.80. The molecule has 0 amide bonds. The van der Waals surface area contributed by atoms with Crippen LogP contribution in [0, 0.1) is 6.92 Å². The fourth-order valence-corrected chi connectivity index (χ4v) is 1.32. The Kier molecular flexibility index (Phi) is 2.72. The van der Waals surface area contributed by atoms with Crippen LogP contribution >= 0.6 is 0 Å². The number of nitrogens with one attached hydrogen (secondary N) is 1. The molecule has 4 N–H and O–H groups in total. The smallest absolute Gasteiger partial charge is 0.352 e. The van der Waals surface area contributed by atoms with Crippen LogP contribution in [-0.4, -0.2) is 22.6 Å². The van der Waals surface area contributed by atoms with E-state index in [0.717, 1.165) is 11.3 Å². The van der Waals surface area contributed by atoms with Crippen LogP contribution in [0.1, 0.15) is 34.6 Å². The molecule has 0 radical (unpaired) electrons. The molecule has 0 fully saturated rings. The molecule has 1 atom stereocenters. The molecule has 0 aliphatic rings. The minimum atomic E-state index is -0.932. The van der Waals surface area contributed by atoms with E-state index in [1.165, 1.54) is 0 Å². The van der Waals surface area contributed by atoms with E-state index < -0.39 is 5.97 Å². The van der Waals surface area contributed by atoms with Crippen molar-refractivity contribution >= 4 is 5.97 Å². The minimum Gasteiger partial charge on any atom is -0.477 e. The molecule has 0 aliphatic heterocycles. The highest BCUT2D eigenvalue weighted by Gasteiger charge is 2.13. The quantitative estimate of drug-likeness (QED) is 0.654. The molecule has 0 aromatic carbocycles. The van der Waals surface area contributed by atoms with Gasteiger partial charge in [-0.25, -0.2) is 4.79 Å². The van der Waals surface area contributed by atoms with Crippen molar-refractivity contribution in [1.29, 1.82) is 0 Å². The third-order valence-corrected chi connectivity index (χ3v) is 2.13. The molecular formula is C9H14N2O2. The number of aromatic carboxylic acids is 1. The van der Waals surface area contributed by atoms with Gasteiger partial charge in [-0.1, -0.05) is 6.92 Å². The Labute approximate surface area is 76.8 Å². The molecule has 1 aromatic heterocycles. The third-order valence-electron chi connectivity index (χ3n) is 2.13. The number of hydrogen-bond acceptors (Lipinski definition) is 2. The maximum absolute atomic E-state index is 10.6. The van der Waals surface area contributed by atoms with E-state index in [1.807, 2.05) is 13.8 Å². The maximum atomic E-state index is 10.6. The molecule has 4 heteroatoms. The third kappa shape index (κ3) is 1.89. The number of aromatic nitrogens is 1. The monoisotopic (exact) mass is 182 g/mol. The number of aromatic amines is 1. The number of aryl methyl sites for hydroxylation is 1. The van der Waals surface area contributed by atoms with Gasteiger partial charge in [-0.05, 0) is 18.6 Å². The van der Waals surface area contributed by atoms with E-state index in [-0.39, 0.29) is 11.6 Å². The number of carboxylic acid groups (broad SMARTS) is 1. The van der Waals surface area contributed by atoms with Crippen LogP contribution in [0.25, 0.3) is 0 Å². The molecular weight excluding hydrogens is 168 g/mol. The Morgan fingerprint density at radius 3 is 2.77 bits per heavy atom. The average molecular weight is 182 g/mol. The second kappa shape index (κ2) is 3.62. The first-order valence-electron chi connectivity index (χ1n) is 4.19. The van der Waals surface area contributed by atoms with Crippen LogP contribution in [0.5, 0.6) is 0 Å². The number of rotatable bonds is 3. The zero-order chi connectivity index (χ0) is 10.0. The highest BCUT2D eigenvalue weighted by Crippen LogP contribution is 2.18. The van der Waals surface area contributed by atoms with Gasteiger partial charge in [0.05, 0.1) is 0 Å². The fourth-order valence-electron chi connectivity index (χ4n) is 1.32. The van der Waals surface area contributed by atoms with Gasteiger partial charge in [-0.15, -0.1) is 0 Å². The molecule has 0 saturated carbocycles. The summed E-state index contributed by atoms with van der Waals surface area (Å²) in [5, 5.41) is 8.71. The fraction of sp³-hybridized carbons (Fsp3) is 0.444. The Morgan fingerprint density at radius 2 is 2.38 bits per heavy atom. The van der Waals surface area contributed by atoms with Gasteiger partial charge in [-0.3, -0.25) is 0 Å². The number of H-pyrrole nitrogens is 1. The van der Waals surface area contributed by atoms with Crippen LogP contribution < -0.4 is 5.73 Å². The van der Waals surface area contributed by atoms with E-state index in [1.54, 1.807) is 6.07 Å². The highest BCUT2D eigenvalue weighted by atomic mass is 16.4. The number of nitrogens with two attached hydrogens (primary N) is 1. The lowest BCUT2D eigenvalue weighted by atomic mass is 10.1. The summed E-state index contributed by atoms with van der Waals surface area (Å²) in [6, 6.07) is 1.63. The van der Waals surface area contributed by atoms with E-state index in [0.29, 0.717) is 6.54 Å². The Hall–Kier alpha value is -1.29. The predicted octanol–water partition coefficient (Wildman–Crippen LogP) is 1.08. The van der Waals surface area contributed by atoms with Gasteiger partial charge in [0.15, 0.2) is 0 Å². The van der Waals surface area contributed by atoms with Crippen molar-refractivity contribution in [3.8, 4) is 0 Å². The van der Waals surface area contributed by atoms with E-state index in [4.69, 9.17) is 10.8 Å². The van der Waals surface area contributed by atoms with Crippen LogP contribution in [0.15, 0.2) is 6.07 Å². The summed E-state index contributed by atoms with van der Waals surface area (Å²) >= 11 is 0. The Morgan fingerprint density at radius 1 is 1.77 bits per heavy atom. The Bertz CT molecular complexity index is 317. The highest BCUT2D eigenvalue weighted by molar-refractivity contribution is 5.86. The van der Waals surface area contributed by atoms with Gasteiger partial charge in [0, 0.05) is 18.2 Å². The van der Waals surface area contributed by atoms with Crippen LogP contribution in [0.3, 0.4) is 0 Å². The van der Waals surface area contributed by atoms with Crippen LogP contribution in [-0.2, 0) is 0 Å². The van der Waals surface area contributed by atoms with Gasteiger partial charge >= 0.3 is 5.97 Å². The van der Waals surface area contributed by atoms with E-state index in [2.05, 4.69) is 4.98 Å². The summed E-state index contributed by atoms with van der Waals surface area (Å²) < 4.78 is 0. The summed E-state index contributed by atoms with van der Waals surface area (Å²) in [7, 11) is 0. The topological polar surface area (TPSA) is 79.1 Å². The molecule has 13 heavy (non-hydrogen) atoms. The largest absolute Gasteiger partial charge is 0.477 e. The molecule has 4 nitrogen and oxygen atoms in total. The summed E-state index contributed by atoms with van der Waals surface area (Å²) in [5.74, 6) is -0.758. The van der Waals surface area contributed by atoms with Crippen molar-refractivity contribution in [3.63, 3.8) is 0 Å². The van der Waals surface area contributed by atoms with Gasteiger partial charge < -0.3 is 15.8 Å². The van der Waals surface area contributed by atoms with Gasteiger partial charge in [0.25, 0.3) is 0 Å². The van der Waals surface area contributed by atoms with Crippen molar-refractivity contribution in [3.05, 3.63) is 23.0 Å². The molecule has 0 spiro atoms. The van der Waals surface area contributed by atoms with Gasteiger partial charge in [0.2, 0.25) is 0 Å². The SMILES string of the molecule is Cc1cc(C(=O)O)[nH]c1C(C)CN. The van der Waals surface area contributed by atoms with Crippen molar-refractivity contribution in [1.82, 2.24) is 4.98 Å². The number of hydrogen-bond donors (Lipinski definition) is 3. The molecule has 0 bridgehead atoms. The number of carbonyl (C=O) groups is 1. The minimum absolute atomic E-state index is 0.174. The van der Waals surface area contributed by atoms with Crippen molar-refractivity contribution in [2.75, 3.05) is 6.54 Å². The summed E-state index contributed by atoms with van der Waals surface area (Å²) in [6.45, 7) is 4.36. The summed E-state index contributed by atoms with van der Waals surface area (Å²) in [4.78, 5) is 13.5. The summed E-state index contributed by atoms with van der Waals surface area (Å²) in [5.41, 5.74) is 7.59. The standard InChI is InChI=1S/C9H14N2O2/c1-5-3-7(9(12)13)11-8(5)6(2)4-10/h3,6,11H,4,10H2,1-2H3,(H,12,13). The molecule has 72 valence electrons. The molecule has 0 saturated heterocycles. The maximum Gasteiger partial charge on any atom is 0.352 e. The van der Waals surface area contributed by atoms with Gasteiger partial charge in [0.1, 0.15) is 5.69 Å². The van der Waals surface area contributed by atoms with Gasteiger partial charge in [-0.2, -0.15) is 0 Å². The van der Waals surface area contributed by atoms with Crippen molar-refractivity contribution in [2.45, 2.75) is 19.8 Å². The molecule has 1 unspecified atom stereocenters. The zero-order valence-corrected chi connectivity index (χ0v) is 7.79. The second-order valence-corrected chi connectivity index (χ2v) is 3.22. The lowest BCUT2D eigenvalue weighted by Crippen LogP contribution is -2.10. The van der Waals surface area contributed by atoms with E-state index in [9.17, 15) is 4.79 Å². The lowest BCUT2D eigenvalue weighted by molar-refractivity contribution is 0.0691. The zero-order valence-electron chi connectivity index (χ0n) is 7.79. The first-order valence-corrected chi connectivity index (χ1v) is 4.19. The Balaban J connectivity index is 3.02. The lowest BCUT2D eigenvalue weighted by Gasteiger charge is -2.06. The molecule has 1 aromatic rings. The first-order chi connectivity index (χ1) is 6.06. The molecule has 0 aliphatic carbocycles. The van der Waals surface area contributed by atoms with Crippen LogP contribution in [0.2, 0.25) is 0 Å².